The summed E-state index contributed by atoms with van der Waals surface area (Å²) in [5.41, 5.74) is -3.86. The molecule has 0 saturated carbocycles. The van der Waals surface area contributed by atoms with Gasteiger partial charge in [0.05, 0.1) is 27.3 Å². The van der Waals surface area contributed by atoms with Crippen molar-refractivity contribution in [1.82, 2.24) is 19.4 Å². The Kier molecular flexibility index (Phi) is 9.56. The average molecular weight is 767 g/mol. The summed E-state index contributed by atoms with van der Waals surface area (Å²) in [4.78, 5) is 22.7. The van der Waals surface area contributed by atoms with Crippen molar-refractivity contribution in [1.29, 1.82) is 0 Å². The number of hydrogen-bond donors (Lipinski definition) is 1. The Labute approximate surface area is 303 Å². The molecule has 3 aliphatic heterocycles. The molecule has 3 aromatic carbocycles. The zero-order valence-electron chi connectivity index (χ0n) is 27.8. The van der Waals surface area contributed by atoms with Crippen LogP contribution in [0.2, 0.25) is 10.0 Å². The molecule has 3 saturated heterocycles. The third-order valence-electron chi connectivity index (χ3n) is 11.1. The fraction of sp³-hybridized carbons (Fsp3) is 0.444. The van der Waals surface area contributed by atoms with Crippen LogP contribution >= 0.6 is 23.2 Å². The van der Waals surface area contributed by atoms with Crippen molar-refractivity contribution >= 4 is 55.9 Å². The summed E-state index contributed by atoms with van der Waals surface area (Å²) in [5, 5.41) is -0.652. The van der Waals surface area contributed by atoms with Gasteiger partial charge in [-0.2, -0.15) is 21.6 Å². The van der Waals surface area contributed by atoms with Crippen molar-refractivity contribution in [2.45, 2.75) is 80.9 Å². The van der Waals surface area contributed by atoms with Crippen LogP contribution in [0.15, 0.2) is 60.7 Å². The van der Waals surface area contributed by atoms with Crippen molar-refractivity contribution in [3.8, 4) is 0 Å². The molecule has 8 nitrogen and oxygen atoms in total. The topological polar surface area (TPSA) is 87.5 Å². The van der Waals surface area contributed by atoms with E-state index in [1.165, 1.54) is 21.8 Å². The molecular formula is C36H37Cl2F4N5O3S. The molecule has 3 fully saturated rings. The first kappa shape index (κ1) is 36.0. The minimum atomic E-state index is -5.81. The monoisotopic (exact) mass is 765 g/mol. The number of benzene rings is 3. The van der Waals surface area contributed by atoms with E-state index in [-0.39, 0.29) is 29.5 Å². The van der Waals surface area contributed by atoms with Crippen molar-refractivity contribution in [3.05, 3.63) is 93.5 Å². The van der Waals surface area contributed by atoms with Crippen molar-refractivity contribution < 1.29 is 30.8 Å². The quantitative estimate of drug-likeness (QED) is 0.182. The third-order valence-corrected chi connectivity index (χ3v) is 12.8. The highest BCUT2D eigenvalue weighted by Gasteiger charge is 2.47. The van der Waals surface area contributed by atoms with Crippen molar-refractivity contribution in [2.75, 3.05) is 24.4 Å². The van der Waals surface area contributed by atoms with Crippen LogP contribution < -0.4 is 4.72 Å². The Morgan fingerprint density at radius 1 is 0.980 bits per heavy atom. The molecule has 7 rings (SSSR count). The van der Waals surface area contributed by atoms with Gasteiger partial charge in [-0.05, 0) is 106 Å². The lowest BCUT2D eigenvalue weighted by molar-refractivity contribution is -0.0429. The fourth-order valence-electron chi connectivity index (χ4n) is 8.62. The summed E-state index contributed by atoms with van der Waals surface area (Å²) in [7, 11) is -5.81. The average Bonchev–Trinajstić information content (AvgIpc) is 3.54. The molecule has 1 N–H and O–H groups in total. The van der Waals surface area contributed by atoms with Gasteiger partial charge in [0.25, 0.3) is 5.91 Å². The molecular weight excluding hydrogens is 729 g/mol. The van der Waals surface area contributed by atoms with Crippen LogP contribution in [0.25, 0.3) is 11.0 Å². The van der Waals surface area contributed by atoms with Gasteiger partial charge in [-0.1, -0.05) is 47.5 Å². The summed E-state index contributed by atoms with van der Waals surface area (Å²) < 4.78 is 81.2. The van der Waals surface area contributed by atoms with Crippen LogP contribution in [0.3, 0.4) is 0 Å². The number of carbonyl (C=O) groups excluding carboxylic acids is 1. The van der Waals surface area contributed by atoms with Crippen LogP contribution in [-0.2, 0) is 15.4 Å². The summed E-state index contributed by atoms with van der Waals surface area (Å²) in [6, 6.07) is 18.2. The standard InChI is InChI=1S/C36H37Cl2F4N5O3S/c1-22-43-30-7-2-3-8-32(30)47(22)28-20-26-9-10-27(21-28)46(26)16-13-35(23-5-4-6-25(39)17-23)11-14-45(15-12-35)34(48)29-18-24(37)19-31(33(29)38)44-51(49,50)36(40,41)42/h2-8,17-19,26-28,44H,9-16,20-21H2,1H3/t26-,27+,28?. The van der Waals surface area contributed by atoms with E-state index < -0.39 is 37.6 Å². The molecule has 51 heavy (non-hydrogen) atoms. The Morgan fingerprint density at radius 2 is 1.67 bits per heavy atom. The Balaban J connectivity index is 1.08. The van der Waals surface area contributed by atoms with E-state index >= 15 is 0 Å². The predicted molar refractivity (Wildman–Crippen MR) is 189 cm³/mol. The SMILES string of the molecule is Cc1nc2ccccc2n1C1C[C@H]2CC[C@@H](C1)N2CCC1(c2cccc(F)c2)CCN(C(=O)c2cc(Cl)cc(NS(=O)(=O)C(F)(F)F)c2Cl)CC1. The highest BCUT2D eigenvalue weighted by Crippen LogP contribution is 2.45. The second-order valence-electron chi connectivity index (χ2n) is 14.0. The number of halogens is 6. The molecule has 0 aliphatic carbocycles. The first-order valence-corrected chi connectivity index (χ1v) is 19.2. The zero-order chi connectivity index (χ0) is 36.3. The van der Waals surface area contributed by atoms with E-state index in [1.807, 2.05) is 12.1 Å². The normalized spacial score (nSPS) is 22.4. The number of amides is 1. The number of hydrogen-bond acceptors (Lipinski definition) is 5. The van der Waals surface area contributed by atoms with E-state index in [2.05, 4.69) is 34.6 Å². The number of imidazole rings is 1. The lowest BCUT2D eigenvalue weighted by Gasteiger charge is -2.45. The second-order valence-corrected chi connectivity index (χ2v) is 16.5. The van der Waals surface area contributed by atoms with Gasteiger partial charge >= 0.3 is 15.5 Å². The van der Waals surface area contributed by atoms with Gasteiger partial charge in [0.15, 0.2) is 0 Å². The summed E-state index contributed by atoms with van der Waals surface area (Å²) in [5.74, 6) is 0.0947. The number of sulfonamides is 1. The number of nitrogens with zero attached hydrogens (tertiary/aromatic N) is 4. The number of nitrogens with one attached hydrogen (secondary N) is 1. The summed E-state index contributed by atoms with van der Waals surface area (Å²) in [6.07, 6.45) is 6.06. The van der Waals surface area contributed by atoms with Gasteiger partial charge in [0.1, 0.15) is 11.6 Å². The van der Waals surface area contributed by atoms with Gasteiger partial charge in [0.2, 0.25) is 0 Å². The Bertz CT molecular complexity index is 2070. The first-order valence-electron chi connectivity index (χ1n) is 17.0. The highest BCUT2D eigenvalue weighted by atomic mass is 35.5. The van der Waals surface area contributed by atoms with Crippen LogP contribution in [-0.4, -0.2) is 70.9 Å². The van der Waals surface area contributed by atoms with Crippen LogP contribution in [0.1, 0.15) is 72.7 Å². The number of alkyl halides is 3. The van der Waals surface area contributed by atoms with E-state index in [9.17, 15) is 30.8 Å². The molecule has 4 aromatic rings. The molecule has 272 valence electrons. The third kappa shape index (κ3) is 6.82. The van der Waals surface area contributed by atoms with Crippen LogP contribution in [0.4, 0.5) is 23.2 Å². The second kappa shape index (κ2) is 13.5. The number of anilines is 1. The molecule has 1 unspecified atom stereocenters. The molecule has 0 spiro atoms. The number of aryl methyl sites for hydroxylation is 1. The van der Waals surface area contributed by atoms with Crippen molar-refractivity contribution in [3.63, 3.8) is 0 Å². The maximum atomic E-state index is 14.7. The minimum absolute atomic E-state index is 0.163. The number of aromatic nitrogens is 2. The van der Waals surface area contributed by atoms with E-state index in [4.69, 9.17) is 28.2 Å². The van der Waals surface area contributed by atoms with E-state index in [0.29, 0.717) is 31.0 Å². The maximum absolute atomic E-state index is 14.7. The highest BCUT2D eigenvalue weighted by molar-refractivity contribution is 7.93. The van der Waals surface area contributed by atoms with Gasteiger partial charge in [-0.25, -0.2) is 9.37 Å². The van der Waals surface area contributed by atoms with Crippen LogP contribution in [0, 0.1) is 12.7 Å². The predicted octanol–water partition coefficient (Wildman–Crippen LogP) is 8.48. The smallest absolute Gasteiger partial charge is 0.339 e. The molecule has 2 bridgehead atoms. The minimum Gasteiger partial charge on any atom is -0.339 e. The number of carbonyl (C=O) groups is 1. The summed E-state index contributed by atoms with van der Waals surface area (Å²) in [6.45, 7) is 3.43. The van der Waals surface area contributed by atoms with Gasteiger partial charge in [-0.3, -0.25) is 14.4 Å². The molecule has 3 atom stereocenters. The molecule has 0 radical (unpaired) electrons. The molecule has 15 heteroatoms. The molecule has 1 amide bonds. The number of fused-ring (bicyclic) bond motifs is 3. The molecule has 3 aliphatic rings. The molecule has 4 heterocycles. The lowest BCUT2D eigenvalue weighted by atomic mass is 9.70. The Hall–Kier alpha value is -3.39. The fourth-order valence-corrected chi connectivity index (χ4v) is 9.70. The van der Waals surface area contributed by atoms with Gasteiger partial charge in [0, 0.05) is 36.2 Å². The van der Waals surface area contributed by atoms with E-state index in [0.717, 1.165) is 67.1 Å². The number of para-hydroxylation sites is 2. The zero-order valence-corrected chi connectivity index (χ0v) is 30.1. The van der Waals surface area contributed by atoms with Gasteiger partial charge in [-0.15, -0.1) is 0 Å². The Morgan fingerprint density at radius 3 is 2.33 bits per heavy atom. The number of likely N-dealkylation sites (tertiary alicyclic amines) is 1. The first-order chi connectivity index (χ1) is 24.2. The van der Waals surface area contributed by atoms with E-state index in [1.54, 1.807) is 12.1 Å². The maximum Gasteiger partial charge on any atom is 0.516 e. The van der Waals surface area contributed by atoms with Crippen LogP contribution in [0.5, 0.6) is 0 Å². The molecule has 1 aromatic heterocycles. The number of piperidine rings is 2. The number of rotatable bonds is 8. The van der Waals surface area contributed by atoms with Crippen molar-refractivity contribution in [2.24, 2.45) is 0 Å². The van der Waals surface area contributed by atoms with Gasteiger partial charge < -0.3 is 9.47 Å². The lowest BCUT2D eigenvalue weighted by Crippen LogP contribution is -2.49. The largest absolute Gasteiger partial charge is 0.516 e. The summed E-state index contributed by atoms with van der Waals surface area (Å²) >= 11 is 12.4.